The van der Waals surface area contributed by atoms with Crippen molar-refractivity contribution in [2.24, 2.45) is 5.92 Å². The van der Waals surface area contributed by atoms with Crippen LogP contribution in [0, 0.1) is 5.92 Å². The first-order valence-corrected chi connectivity index (χ1v) is 5.75. The molecule has 0 saturated heterocycles. The van der Waals surface area contributed by atoms with E-state index in [-0.39, 0.29) is 0 Å². The van der Waals surface area contributed by atoms with Crippen LogP contribution in [0.15, 0.2) is 18.7 Å². The van der Waals surface area contributed by atoms with Crippen LogP contribution in [0.25, 0.3) is 5.65 Å². The second-order valence-electron chi connectivity index (χ2n) is 4.09. The number of hydrogen-bond donors (Lipinski definition) is 1. The van der Waals surface area contributed by atoms with E-state index < -0.39 is 11.9 Å². The Bertz CT molecular complexity index is 553. The van der Waals surface area contributed by atoms with Crippen LogP contribution in [-0.4, -0.2) is 43.7 Å². The number of carboxylic acids is 1. The predicted octanol–water partition coefficient (Wildman–Crippen LogP) is 0.671. The molecule has 0 saturated carbocycles. The number of rotatable bonds is 5. The summed E-state index contributed by atoms with van der Waals surface area (Å²) in [5, 5.41) is 16.8. The lowest BCUT2D eigenvalue weighted by molar-refractivity contribution is -0.140. The van der Waals surface area contributed by atoms with Gasteiger partial charge in [-0.25, -0.2) is 4.98 Å². The fourth-order valence-corrected chi connectivity index (χ4v) is 1.74. The molecule has 2 rings (SSSR count). The minimum atomic E-state index is -0.818. The van der Waals surface area contributed by atoms with Crippen molar-refractivity contribution < 1.29 is 9.90 Å². The van der Waals surface area contributed by atoms with Crippen LogP contribution in [0.4, 0.5) is 5.82 Å². The van der Waals surface area contributed by atoms with E-state index in [1.165, 1.54) is 0 Å². The highest BCUT2D eigenvalue weighted by Crippen LogP contribution is 2.17. The number of hydrogen-bond acceptors (Lipinski definition) is 5. The van der Waals surface area contributed by atoms with Crippen molar-refractivity contribution >= 4 is 17.4 Å². The summed E-state index contributed by atoms with van der Waals surface area (Å²) in [4.78, 5) is 17.1. The molecule has 1 N–H and O–H groups in total. The first-order valence-electron chi connectivity index (χ1n) is 5.75. The molecule has 1 atom stereocenters. The molecule has 0 amide bonds. The van der Waals surface area contributed by atoms with E-state index in [1.807, 2.05) is 11.8 Å². The Balaban J connectivity index is 2.32. The van der Waals surface area contributed by atoms with Crippen LogP contribution in [0.5, 0.6) is 0 Å². The van der Waals surface area contributed by atoms with Gasteiger partial charge in [0.05, 0.1) is 5.92 Å². The Kier molecular flexibility index (Phi) is 3.40. The lowest BCUT2D eigenvalue weighted by Crippen LogP contribution is -2.32. The van der Waals surface area contributed by atoms with Gasteiger partial charge in [-0.1, -0.05) is 6.92 Å². The summed E-state index contributed by atoms with van der Waals surface area (Å²) in [6, 6.07) is 0. The maximum atomic E-state index is 10.9. The smallest absolute Gasteiger partial charge is 0.308 e. The molecule has 0 aromatic carbocycles. The highest BCUT2D eigenvalue weighted by Gasteiger charge is 2.18. The van der Waals surface area contributed by atoms with Gasteiger partial charge in [0.25, 0.3) is 0 Å². The molecule has 1 unspecified atom stereocenters. The van der Waals surface area contributed by atoms with Crippen LogP contribution in [-0.2, 0) is 4.79 Å². The molecule has 0 aliphatic rings. The second kappa shape index (κ2) is 4.99. The topological polar surface area (TPSA) is 83.6 Å². The largest absolute Gasteiger partial charge is 0.481 e. The summed E-state index contributed by atoms with van der Waals surface area (Å²) in [5.41, 5.74) is 0.636. The number of anilines is 1. The normalized spacial score (nSPS) is 12.6. The van der Waals surface area contributed by atoms with Crippen molar-refractivity contribution in [2.45, 2.75) is 13.8 Å². The Morgan fingerprint density at radius 1 is 1.61 bits per heavy atom. The van der Waals surface area contributed by atoms with E-state index in [1.54, 1.807) is 30.0 Å². The molecule has 0 bridgehead atoms. The number of carboxylic acid groups (broad SMARTS) is 1. The average Bonchev–Trinajstić information content (AvgIpc) is 2.83. The van der Waals surface area contributed by atoms with E-state index >= 15 is 0 Å². The van der Waals surface area contributed by atoms with Crippen molar-refractivity contribution in [1.29, 1.82) is 0 Å². The lowest BCUT2D eigenvalue weighted by Gasteiger charge is -2.23. The maximum Gasteiger partial charge on any atom is 0.308 e. The summed E-state index contributed by atoms with van der Waals surface area (Å²) in [7, 11) is 0. The van der Waals surface area contributed by atoms with Crippen molar-refractivity contribution in [3.8, 4) is 0 Å². The molecular formula is C11H15N5O2. The number of fused-ring (bicyclic) bond motifs is 1. The third kappa shape index (κ3) is 2.24. The van der Waals surface area contributed by atoms with Gasteiger partial charge in [-0.2, -0.15) is 0 Å². The maximum absolute atomic E-state index is 10.9. The zero-order chi connectivity index (χ0) is 13.1. The Morgan fingerprint density at radius 3 is 3.06 bits per heavy atom. The number of aromatic nitrogens is 4. The molecule has 0 fully saturated rings. The van der Waals surface area contributed by atoms with Crippen LogP contribution in [0.1, 0.15) is 13.8 Å². The van der Waals surface area contributed by atoms with Gasteiger partial charge in [-0.05, 0) is 6.92 Å². The predicted molar refractivity (Wildman–Crippen MR) is 65.5 cm³/mol. The second-order valence-corrected chi connectivity index (χ2v) is 4.09. The highest BCUT2D eigenvalue weighted by atomic mass is 16.4. The van der Waals surface area contributed by atoms with Gasteiger partial charge in [0.1, 0.15) is 6.33 Å². The fourth-order valence-electron chi connectivity index (χ4n) is 1.74. The highest BCUT2D eigenvalue weighted by molar-refractivity contribution is 5.71. The van der Waals surface area contributed by atoms with E-state index in [0.717, 1.165) is 0 Å². The van der Waals surface area contributed by atoms with E-state index in [9.17, 15) is 4.79 Å². The third-order valence-electron chi connectivity index (χ3n) is 2.79. The molecule has 7 heteroatoms. The van der Waals surface area contributed by atoms with Gasteiger partial charge < -0.3 is 10.0 Å². The van der Waals surface area contributed by atoms with Crippen LogP contribution < -0.4 is 4.90 Å². The molecule has 0 radical (unpaired) electrons. The van der Waals surface area contributed by atoms with Gasteiger partial charge in [-0.15, -0.1) is 10.2 Å². The SMILES string of the molecule is CCN(CC(C)C(=O)O)c1nccn2cnnc12. The van der Waals surface area contributed by atoms with Gasteiger partial charge >= 0.3 is 5.97 Å². The molecule has 2 aromatic rings. The summed E-state index contributed by atoms with van der Waals surface area (Å²) >= 11 is 0. The first kappa shape index (κ1) is 12.3. The first-order chi connectivity index (χ1) is 8.63. The van der Waals surface area contributed by atoms with Gasteiger partial charge in [0, 0.05) is 25.5 Å². The van der Waals surface area contributed by atoms with Crippen molar-refractivity contribution in [2.75, 3.05) is 18.0 Å². The van der Waals surface area contributed by atoms with Gasteiger partial charge in [0.15, 0.2) is 5.82 Å². The van der Waals surface area contributed by atoms with Gasteiger partial charge in [0.2, 0.25) is 5.65 Å². The van der Waals surface area contributed by atoms with Crippen LogP contribution in [0.3, 0.4) is 0 Å². The molecule has 0 aliphatic heterocycles. The molecule has 0 spiro atoms. The summed E-state index contributed by atoms with van der Waals surface area (Å²) in [6.45, 7) is 4.69. The molecule has 96 valence electrons. The zero-order valence-electron chi connectivity index (χ0n) is 10.3. The van der Waals surface area contributed by atoms with E-state index in [4.69, 9.17) is 5.11 Å². The van der Waals surface area contributed by atoms with Crippen LogP contribution in [0.2, 0.25) is 0 Å². The van der Waals surface area contributed by atoms with Crippen molar-refractivity contribution in [3.63, 3.8) is 0 Å². The summed E-state index contributed by atoms with van der Waals surface area (Å²) < 4.78 is 1.76. The van der Waals surface area contributed by atoms with Crippen molar-refractivity contribution in [3.05, 3.63) is 18.7 Å². The number of nitrogens with zero attached hydrogens (tertiary/aromatic N) is 5. The summed E-state index contributed by atoms with van der Waals surface area (Å²) in [5.74, 6) is -0.623. The number of carbonyl (C=O) groups is 1. The molecular weight excluding hydrogens is 234 g/mol. The van der Waals surface area contributed by atoms with E-state index in [0.29, 0.717) is 24.6 Å². The van der Waals surface area contributed by atoms with Crippen LogP contribution >= 0.6 is 0 Å². The summed E-state index contributed by atoms with van der Waals surface area (Å²) in [6.07, 6.45) is 5.00. The lowest BCUT2D eigenvalue weighted by atomic mass is 10.1. The van der Waals surface area contributed by atoms with Gasteiger partial charge in [-0.3, -0.25) is 9.20 Å². The average molecular weight is 249 g/mol. The number of aliphatic carboxylic acids is 1. The fraction of sp³-hybridized carbons (Fsp3) is 0.455. The molecule has 0 aliphatic carbocycles. The Hall–Kier alpha value is -2.18. The third-order valence-corrected chi connectivity index (χ3v) is 2.79. The molecule has 7 nitrogen and oxygen atoms in total. The quantitative estimate of drug-likeness (QED) is 0.838. The molecule has 18 heavy (non-hydrogen) atoms. The zero-order valence-corrected chi connectivity index (χ0v) is 10.3. The Labute approximate surface area is 104 Å². The van der Waals surface area contributed by atoms with E-state index in [2.05, 4.69) is 15.2 Å². The monoisotopic (exact) mass is 249 g/mol. The Morgan fingerprint density at radius 2 is 2.39 bits per heavy atom. The molecule has 2 aromatic heterocycles. The molecule has 2 heterocycles. The minimum absolute atomic E-state index is 0.394. The standard InChI is InChI=1S/C11H15N5O2/c1-3-15(6-8(2)11(17)18)9-10-14-13-7-16(10)5-4-12-9/h4-5,7-8H,3,6H2,1-2H3,(H,17,18). The van der Waals surface area contributed by atoms with Crippen molar-refractivity contribution in [1.82, 2.24) is 19.6 Å². The minimum Gasteiger partial charge on any atom is -0.481 e.